The molecule has 0 saturated heterocycles. The Morgan fingerprint density at radius 2 is 2.12 bits per heavy atom. The first-order valence-electron chi connectivity index (χ1n) is 4.87. The van der Waals surface area contributed by atoms with Gasteiger partial charge in [-0.1, -0.05) is 15.9 Å². The fourth-order valence-corrected chi connectivity index (χ4v) is 2.95. The number of aliphatic hydroxyl groups excluding tert-OH is 1. The van der Waals surface area contributed by atoms with E-state index in [1.807, 2.05) is 6.92 Å². The maximum atomic E-state index is 11.9. The van der Waals surface area contributed by atoms with Crippen molar-refractivity contribution in [2.45, 2.75) is 11.8 Å². The molecule has 0 aromatic heterocycles. The number of rotatable bonds is 5. The van der Waals surface area contributed by atoms with Crippen LogP contribution < -0.4 is 9.46 Å². The molecule has 1 aromatic rings. The maximum absolute atomic E-state index is 11.9. The predicted octanol–water partition coefficient (Wildman–Crippen LogP) is 1.04. The number of sulfonamides is 1. The molecule has 0 amide bonds. The van der Waals surface area contributed by atoms with Crippen LogP contribution >= 0.6 is 15.9 Å². The minimum Gasteiger partial charge on any atom is -0.495 e. The highest BCUT2D eigenvalue weighted by Gasteiger charge is 2.20. The Kier molecular flexibility index (Phi) is 4.93. The molecule has 0 bridgehead atoms. The van der Waals surface area contributed by atoms with Crippen LogP contribution in [0.2, 0.25) is 0 Å². The highest BCUT2D eigenvalue weighted by Crippen LogP contribution is 2.30. The van der Waals surface area contributed by atoms with E-state index >= 15 is 0 Å². The summed E-state index contributed by atoms with van der Waals surface area (Å²) in [7, 11) is -2.26. The number of nitrogens with one attached hydrogen (secondary N) is 1. The zero-order chi connectivity index (χ0) is 13.1. The van der Waals surface area contributed by atoms with Crippen molar-refractivity contribution < 1.29 is 18.3 Å². The number of hydrogen-bond acceptors (Lipinski definition) is 4. The molecule has 0 atom stereocenters. The van der Waals surface area contributed by atoms with Gasteiger partial charge in [0.1, 0.15) is 10.6 Å². The molecule has 2 N–H and O–H groups in total. The Balaban J connectivity index is 3.25. The van der Waals surface area contributed by atoms with Gasteiger partial charge in [-0.05, 0) is 24.6 Å². The van der Waals surface area contributed by atoms with Crippen LogP contribution in [-0.2, 0) is 10.0 Å². The molecule has 0 heterocycles. The Morgan fingerprint density at radius 3 is 2.65 bits per heavy atom. The van der Waals surface area contributed by atoms with Crippen LogP contribution in [-0.4, -0.2) is 33.8 Å². The van der Waals surface area contributed by atoms with E-state index in [1.54, 1.807) is 6.07 Å². The van der Waals surface area contributed by atoms with E-state index in [0.717, 1.165) is 5.56 Å². The third-order valence-corrected chi connectivity index (χ3v) is 4.47. The summed E-state index contributed by atoms with van der Waals surface area (Å²) in [6, 6.07) is 3.12. The van der Waals surface area contributed by atoms with Crippen molar-refractivity contribution in [2.75, 3.05) is 20.3 Å². The van der Waals surface area contributed by atoms with Gasteiger partial charge in [0.15, 0.2) is 0 Å². The van der Waals surface area contributed by atoms with Crippen LogP contribution in [0.5, 0.6) is 5.75 Å². The molecule has 1 aromatic carbocycles. The van der Waals surface area contributed by atoms with Gasteiger partial charge in [-0.2, -0.15) is 0 Å². The van der Waals surface area contributed by atoms with E-state index in [9.17, 15) is 8.42 Å². The number of benzene rings is 1. The summed E-state index contributed by atoms with van der Waals surface area (Å²) in [6.07, 6.45) is 0. The lowest BCUT2D eigenvalue weighted by molar-refractivity contribution is 0.301. The van der Waals surface area contributed by atoms with Crippen LogP contribution in [0.4, 0.5) is 0 Å². The summed E-state index contributed by atoms with van der Waals surface area (Å²) < 4.78 is 31.8. The smallest absolute Gasteiger partial charge is 0.244 e. The molecular weight excluding hydrogens is 310 g/mol. The number of aliphatic hydroxyl groups is 1. The van der Waals surface area contributed by atoms with E-state index in [0.29, 0.717) is 4.47 Å². The molecule has 0 fully saturated rings. The van der Waals surface area contributed by atoms with Gasteiger partial charge >= 0.3 is 0 Å². The second-order valence-electron chi connectivity index (χ2n) is 3.37. The molecule has 17 heavy (non-hydrogen) atoms. The average molecular weight is 324 g/mol. The molecule has 5 nitrogen and oxygen atoms in total. The van der Waals surface area contributed by atoms with Gasteiger partial charge in [0.05, 0.1) is 13.7 Å². The lowest BCUT2D eigenvalue weighted by Gasteiger charge is -2.12. The van der Waals surface area contributed by atoms with E-state index in [2.05, 4.69) is 20.7 Å². The molecule has 1 rings (SSSR count). The fraction of sp³-hybridized carbons (Fsp3) is 0.400. The number of halogens is 1. The molecule has 0 radical (unpaired) electrons. The molecule has 0 aliphatic carbocycles. The van der Waals surface area contributed by atoms with E-state index in [4.69, 9.17) is 9.84 Å². The molecule has 0 spiro atoms. The second-order valence-corrected chi connectivity index (χ2v) is 5.96. The summed E-state index contributed by atoms with van der Waals surface area (Å²) in [6.45, 7) is 1.55. The van der Waals surface area contributed by atoms with Crippen molar-refractivity contribution in [3.8, 4) is 5.75 Å². The van der Waals surface area contributed by atoms with E-state index in [-0.39, 0.29) is 23.8 Å². The molecule has 0 aliphatic heterocycles. The third-order valence-electron chi connectivity index (χ3n) is 2.14. The second kappa shape index (κ2) is 5.81. The lowest BCUT2D eigenvalue weighted by atomic mass is 10.2. The quantitative estimate of drug-likeness (QED) is 0.848. The normalized spacial score (nSPS) is 11.5. The zero-order valence-electron chi connectivity index (χ0n) is 9.53. The zero-order valence-corrected chi connectivity index (χ0v) is 11.9. The minimum absolute atomic E-state index is 0.0308. The Hall–Kier alpha value is -0.630. The molecular formula is C10H14BrNO4S. The van der Waals surface area contributed by atoms with Crippen molar-refractivity contribution in [3.05, 3.63) is 22.2 Å². The van der Waals surface area contributed by atoms with Crippen LogP contribution in [0.15, 0.2) is 21.5 Å². The van der Waals surface area contributed by atoms with Gasteiger partial charge in [-0.3, -0.25) is 0 Å². The van der Waals surface area contributed by atoms with Gasteiger partial charge in [-0.15, -0.1) is 0 Å². The first-order valence-corrected chi connectivity index (χ1v) is 7.14. The molecule has 7 heteroatoms. The van der Waals surface area contributed by atoms with Crippen LogP contribution in [0.3, 0.4) is 0 Å². The van der Waals surface area contributed by atoms with Crippen LogP contribution in [0, 0.1) is 6.92 Å². The summed E-state index contributed by atoms with van der Waals surface area (Å²) >= 11 is 3.27. The highest BCUT2D eigenvalue weighted by atomic mass is 79.9. The first-order chi connectivity index (χ1) is 7.92. The monoisotopic (exact) mass is 323 g/mol. The topological polar surface area (TPSA) is 75.6 Å². The first kappa shape index (κ1) is 14.4. The number of aryl methyl sites for hydroxylation is 1. The number of hydrogen-bond donors (Lipinski definition) is 2. The van der Waals surface area contributed by atoms with Crippen LogP contribution in [0.25, 0.3) is 0 Å². The Morgan fingerprint density at radius 1 is 1.47 bits per heavy atom. The van der Waals surface area contributed by atoms with E-state index in [1.165, 1.54) is 13.2 Å². The molecule has 96 valence electrons. The summed E-state index contributed by atoms with van der Waals surface area (Å²) in [4.78, 5) is 0.0472. The Bertz CT molecular complexity index is 501. The summed E-state index contributed by atoms with van der Waals surface area (Å²) in [5, 5.41) is 8.63. The van der Waals surface area contributed by atoms with Gasteiger partial charge in [-0.25, -0.2) is 13.1 Å². The molecule has 0 unspecified atom stereocenters. The fourth-order valence-electron chi connectivity index (χ4n) is 1.26. The SMILES string of the molecule is COc1cc(C)c(Br)cc1S(=O)(=O)NCCO. The lowest BCUT2D eigenvalue weighted by Crippen LogP contribution is -2.27. The van der Waals surface area contributed by atoms with Crippen molar-refractivity contribution in [1.29, 1.82) is 0 Å². The standard InChI is InChI=1S/C10H14BrNO4S/c1-7-5-9(16-2)10(6-8(7)11)17(14,15)12-3-4-13/h5-6,12-13H,3-4H2,1-2H3. The summed E-state index contributed by atoms with van der Waals surface area (Å²) in [5.41, 5.74) is 0.878. The maximum Gasteiger partial charge on any atom is 0.244 e. The van der Waals surface area contributed by atoms with Crippen molar-refractivity contribution in [3.63, 3.8) is 0 Å². The number of methoxy groups -OCH3 is 1. The third kappa shape index (κ3) is 3.41. The van der Waals surface area contributed by atoms with E-state index < -0.39 is 10.0 Å². The molecule has 0 aliphatic rings. The van der Waals surface area contributed by atoms with Crippen LogP contribution in [0.1, 0.15) is 5.56 Å². The molecule has 0 saturated carbocycles. The van der Waals surface area contributed by atoms with Gasteiger partial charge < -0.3 is 9.84 Å². The van der Waals surface area contributed by atoms with Crippen molar-refractivity contribution >= 4 is 26.0 Å². The number of ether oxygens (including phenoxy) is 1. The minimum atomic E-state index is -3.67. The highest BCUT2D eigenvalue weighted by molar-refractivity contribution is 9.10. The average Bonchev–Trinajstić information content (AvgIpc) is 2.29. The van der Waals surface area contributed by atoms with Gasteiger partial charge in [0, 0.05) is 11.0 Å². The summed E-state index contributed by atoms with van der Waals surface area (Å²) in [5.74, 6) is 0.274. The largest absolute Gasteiger partial charge is 0.495 e. The van der Waals surface area contributed by atoms with Gasteiger partial charge in [0.25, 0.3) is 0 Å². The Labute approximate surface area is 109 Å². The van der Waals surface area contributed by atoms with Gasteiger partial charge in [0.2, 0.25) is 10.0 Å². The van der Waals surface area contributed by atoms with Crippen molar-refractivity contribution in [2.24, 2.45) is 0 Å². The predicted molar refractivity (Wildman–Crippen MR) is 67.7 cm³/mol. The van der Waals surface area contributed by atoms with Crippen molar-refractivity contribution in [1.82, 2.24) is 4.72 Å².